The summed E-state index contributed by atoms with van der Waals surface area (Å²) in [5.41, 5.74) is 3.50. The van der Waals surface area contributed by atoms with Crippen molar-refractivity contribution in [2.75, 3.05) is 53.6 Å². The number of rotatable bonds is 22. The second-order valence-electron chi connectivity index (χ2n) is 13.1. The van der Waals surface area contributed by atoms with Crippen molar-refractivity contribution in [2.45, 2.75) is 12.2 Å². The number of carbonyl (C=O) groups excluding carboxylic acids is 4. The van der Waals surface area contributed by atoms with Gasteiger partial charge in [-0.3, -0.25) is 19.4 Å². The van der Waals surface area contributed by atoms with Crippen LogP contribution in [0.4, 0.5) is 19.2 Å². The van der Waals surface area contributed by atoms with Crippen molar-refractivity contribution < 1.29 is 81.2 Å². The number of para-hydroxylation sites is 4. The normalized spacial score (nSPS) is 12.2. The van der Waals surface area contributed by atoms with Crippen molar-refractivity contribution in [3.8, 4) is 0 Å². The van der Waals surface area contributed by atoms with E-state index in [1.165, 1.54) is 0 Å². The van der Waals surface area contributed by atoms with Crippen molar-refractivity contribution in [1.82, 2.24) is 60.6 Å². The van der Waals surface area contributed by atoms with Gasteiger partial charge in [0.15, 0.2) is 27.2 Å². The zero-order valence-electron chi connectivity index (χ0n) is 34.4. The molecule has 8 rings (SSSR count). The fourth-order valence-electron chi connectivity index (χ4n) is 5.56. The molecule has 0 saturated heterocycles. The molecule has 0 radical (unpaired) electrons. The van der Waals surface area contributed by atoms with Crippen LogP contribution in [-0.4, -0.2) is 151 Å². The van der Waals surface area contributed by atoms with Gasteiger partial charge in [0.1, 0.15) is 56.3 Å². The van der Waals surface area contributed by atoms with Crippen LogP contribution in [0.1, 0.15) is 0 Å². The minimum atomic E-state index is -1.19. The predicted octanol–water partition coefficient (Wildman–Crippen LogP) is 1.68. The Bertz CT molecular complexity index is 2730. The fourth-order valence-corrected chi connectivity index (χ4v) is 5.56. The molecule has 0 aliphatic carbocycles. The van der Waals surface area contributed by atoms with Crippen molar-refractivity contribution in [2.24, 2.45) is 0 Å². The Kier molecular flexibility index (Phi) is 15.0. The number of carbonyl (C=O) groups is 4. The van der Waals surface area contributed by atoms with E-state index in [1.54, 1.807) is 97.1 Å². The number of nitrogens with zero attached hydrogens (tertiary/aromatic N) is 12. The van der Waals surface area contributed by atoms with Crippen molar-refractivity contribution >= 4 is 68.8 Å². The summed E-state index contributed by atoms with van der Waals surface area (Å²) in [5.74, 6) is 0. The fraction of sp³-hybridized carbons (Fsp3) is 0.263. The van der Waals surface area contributed by atoms with E-state index >= 15 is 0 Å². The molecule has 0 fully saturated rings. The molecule has 8 aromatic rings. The first-order chi connectivity index (χ1) is 32.9. The Morgan fingerprint density at radius 3 is 0.955 bits per heavy atom. The number of benzene rings is 4. The van der Waals surface area contributed by atoms with E-state index < -0.39 is 64.0 Å². The van der Waals surface area contributed by atoms with Gasteiger partial charge in [0.05, 0.1) is 26.4 Å². The molecule has 348 valence electrons. The van der Waals surface area contributed by atoms with E-state index in [0.717, 1.165) is 19.4 Å². The largest absolute Gasteiger partial charge is 0.537 e. The van der Waals surface area contributed by atoms with Gasteiger partial charge in [-0.2, -0.15) is 0 Å². The smallest absolute Gasteiger partial charge is 0.405 e. The van der Waals surface area contributed by atoms with Gasteiger partial charge < -0.3 is 42.6 Å². The van der Waals surface area contributed by atoms with E-state index in [2.05, 4.69) is 41.2 Å². The lowest BCUT2D eigenvalue weighted by Gasteiger charge is -2.21. The summed E-state index contributed by atoms with van der Waals surface area (Å²) in [6.07, 6.45) is -6.75. The summed E-state index contributed by atoms with van der Waals surface area (Å²) in [5, 5.41) is 30.6. The van der Waals surface area contributed by atoms with Gasteiger partial charge in [0, 0.05) is 0 Å². The third-order valence-electron chi connectivity index (χ3n) is 8.63. The van der Waals surface area contributed by atoms with Gasteiger partial charge in [-0.05, 0) is 69.4 Å². The minimum Gasteiger partial charge on any atom is -0.405 e. The number of ether oxygens (including phenoxy) is 9. The van der Waals surface area contributed by atoms with Crippen molar-refractivity contribution in [1.29, 1.82) is 0 Å². The molecule has 0 bridgehead atoms. The Morgan fingerprint density at radius 1 is 0.373 bits per heavy atom. The Balaban J connectivity index is 0.838. The second kappa shape index (κ2) is 22.3. The van der Waals surface area contributed by atoms with Crippen LogP contribution in [0.25, 0.3) is 44.1 Å². The average molecular weight is 931 g/mol. The third-order valence-corrected chi connectivity index (χ3v) is 8.63. The summed E-state index contributed by atoms with van der Waals surface area (Å²) < 4.78 is 48.2. The molecular weight excluding hydrogens is 896 g/mol. The highest BCUT2D eigenvalue weighted by Crippen LogP contribution is 2.12. The van der Waals surface area contributed by atoms with E-state index in [-0.39, 0.29) is 26.4 Å². The summed E-state index contributed by atoms with van der Waals surface area (Å²) in [4.78, 5) is 73.5. The maximum absolute atomic E-state index is 12.5. The standard InChI is InChI=1S/C38H34N12O17/c51-35(64-47-31-13-5-1-9-27(31)39-43-47)60-21-56-19-25(58-23-62-37(53)66-49-33-15-7-3-11-29(33)41-45-49)17-55-18-26(59-24-63-38(54)67-50-34-16-8-4-12-30(34)42-46-50)20-57-22-61-36(52)65-48-32-14-6-2-10-28(32)40-44-48/h1-16,25-26H,17-24H2. The van der Waals surface area contributed by atoms with Gasteiger partial charge >= 0.3 is 24.6 Å². The summed E-state index contributed by atoms with van der Waals surface area (Å²) in [6.45, 7) is -3.78. The molecule has 2 atom stereocenters. The van der Waals surface area contributed by atoms with Gasteiger partial charge in [0.2, 0.25) is 0 Å². The molecule has 29 nitrogen and oxygen atoms in total. The van der Waals surface area contributed by atoms with E-state index in [9.17, 15) is 19.2 Å². The molecular formula is C38H34N12O17. The van der Waals surface area contributed by atoms with Crippen LogP contribution in [0.5, 0.6) is 0 Å². The zero-order chi connectivity index (χ0) is 46.2. The lowest BCUT2D eigenvalue weighted by atomic mass is 10.3. The first kappa shape index (κ1) is 44.9. The molecule has 4 aromatic carbocycles. The topological polar surface area (TPSA) is 311 Å². The zero-order valence-corrected chi connectivity index (χ0v) is 34.4. The van der Waals surface area contributed by atoms with Crippen LogP contribution >= 0.6 is 0 Å². The predicted molar refractivity (Wildman–Crippen MR) is 214 cm³/mol. The number of hydrogen-bond acceptors (Lipinski definition) is 25. The summed E-state index contributed by atoms with van der Waals surface area (Å²) in [6, 6.07) is 26.9. The Labute approximate surface area is 373 Å². The van der Waals surface area contributed by atoms with Gasteiger partial charge in [-0.25, -0.2) is 19.2 Å². The molecule has 0 aliphatic rings. The summed E-state index contributed by atoms with van der Waals surface area (Å²) in [7, 11) is 0. The monoisotopic (exact) mass is 930 g/mol. The molecule has 29 heteroatoms. The first-order valence-electron chi connectivity index (χ1n) is 19.4. The quantitative estimate of drug-likeness (QED) is 0.0307. The van der Waals surface area contributed by atoms with Crippen LogP contribution in [0, 0.1) is 0 Å². The Morgan fingerprint density at radius 2 is 0.642 bits per heavy atom. The van der Waals surface area contributed by atoms with Crippen LogP contribution in [0.15, 0.2) is 97.1 Å². The Hall–Kier alpha value is -8.64. The van der Waals surface area contributed by atoms with Crippen LogP contribution in [0.2, 0.25) is 0 Å². The highest BCUT2D eigenvalue weighted by Gasteiger charge is 2.20. The van der Waals surface area contributed by atoms with Gasteiger partial charge in [0.25, 0.3) is 0 Å². The molecule has 4 aromatic heterocycles. The van der Waals surface area contributed by atoms with Crippen LogP contribution in [0.3, 0.4) is 0 Å². The van der Waals surface area contributed by atoms with E-state index in [0.29, 0.717) is 44.1 Å². The molecule has 0 saturated carbocycles. The van der Waals surface area contributed by atoms with Crippen LogP contribution < -0.4 is 19.4 Å². The van der Waals surface area contributed by atoms with Crippen molar-refractivity contribution in [3.63, 3.8) is 0 Å². The second-order valence-corrected chi connectivity index (χ2v) is 13.1. The highest BCUT2D eigenvalue weighted by molar-refractivity contribution is 5.76. The van der Waals surface area contributed by atoms with Gasteiger partial charge in [-0.1, -0.05) is 67.9 Å². The lowest BCUT2D eigenvalue weighted by Crippen LogP contribution is -2.33. The maximum Gasteiger partial charge on any atom is 0.537 e. The van der Waals surface area contributed by atoms with Crippen LogP contribution in [-0.2, 0) is 42.6 Å². The highest BCUT2D eigenvalue weighted by atomic mass is 16.9. The van der Waals surface area contributed by atoms with Gasteiger partial charge in [-0.15, -0.1) is 20.4 Å². The molecule has 67 heavy (non-hydrogen) atoms. The van der Waals surface area contributed by atoms with E-state index in [4.69, 9.17) is 62.0 Å². The molecule has 0 N–H and O–H groups in total. The maximum atomic E-state index is 12.5. The third kappa shape index (κ3) is 12.3. The van der Waals surface area contributed by atoms with Crippen molar-refractivity contribution in [3.05, 3.63) is 97.1 Å². The molecule has 0 spiro atoms. The lowest BCUT2D eigenvalue weighted by molar-refractivity contribution is -0.158. The minimum absolute atomic E-state index is 0.279. The molecule has 2 unspecified atom stereocenters. The average Bonchev–Trinajstić information content (AvgIpc) is 4.15. The number of fused-ring (bicyclic) bond motifs is 4. The number of aromatic nitrogens is 12. The SMILES string of the molecule is O=C(OCOCC(COCC(COCOC(=O)On1nnc2ccccc21)OCOC(=O)On1nnc2ccccc21)OCOC(=O)On1nnc2ccccc21)On1nnc2ccccc21. The molecule has 4 heterocycles. The summed E-state index contributed by atoms with van der Waals surface area (Å²) >= 11 is 0. The van der Waals surface area contributed by atoms with E-state index in [1.807, 2.05) is 0 Å². The molecule has 0 aliphatic heterocycles. The number of hydrogen-bond donors (Lipinski definition) is 0. The first-order valence-corrected chi connectivity index (χ1v) is 19.4. The molecule has 0 amide bonds.